The highest BCUT2D eigenvalue weighted by Gasteiger charge is 2.15. The summed E-state index contributed by atoms with van der Waals surface area (Å²) in [4.78, 5) is 15.7. The molecular formula is C19H19ClN2O2. The van der Waals surface area contributed by atoms with Gasteiger partial charge >= 0.3 is 5.97 Å². The number of rotatable bonds is 6. The van der Waals surface area contributed by atoms with E-state index in [4.69, 9.17) is 21.7 Å². The van der Waals surface area contributed by atoms with Crippen molar-refractivity contribution in [2.75, 3.05) is 0 Å². The summed E-state index contributed by atoms with van der Waals surface area (Å²) in [5.74, 6) is 0.172. The van der Waals surface area contributed by atoms with Crippen molar-refractivity contribution < 1.29 is 9.90 Å². The lowest BCUT2D eigenvalue weighted by atomic mass is 10.0. The van der Waals surface area contributed by atoms with Gasteiger partial charge in [0, 0.05) is 24.4 Å². The summed E-state index contributed by atoms with van der Waals surface area (Å²) in [5, 5.41) is 9.71. The van der Waals surface area contributed by atoms with Crippen molar-refractivity contribution in [1.29, 1.82) is 0 Å². The number of nitrogens with zero attached hydrogens (tertiary/aromatic N) is 2. The molecule has 0 saturated heterocycles. The van der Waals surface area contributed by atoms with Crippen molar-refractivity contribution in [2.45, 2.75) is 26.3 Å². The van der Waals surface area contributed by atoms with E-state index >= 15 is 0 Å². The molecule has 1 unspecified atom stereocenters. The predicted octanol–water partition coefficient (Wildman–Crippen LogP) is 4.39. The lowest BCUT2D eigenvalue weighted by Crippen LogP contribution is -2.12. The SMILES string of the molecule is CC(CC(=O)O)Cc1nc2ccccc2n1Cc1ccc(Cl)cc1. The van der Waals surface area contributed by atoms with Crippen LogP contribution in [0.1, 0.15) is 24.7 Å². The van der Waals surface area contributed by atoms with Crippen molar-refractivity contribution in [1.82, 2.24) is 9.55 Å². The first-order valence-corrected chi connectivity index (χ1v) is 8.31. The van der Waals surface area contributed by atoms with Crippen LogP contribution in [0.2, 0.25) is 5.02 Å². The number of carboxylic acids is 1. The Hall–Kier alpha value is -2.33. The molecule has 5 heteroatoms. The summed E-state index contributed by atoms with van der Waals surface area (Å²) in [6.07, 6.45) is 0.777. The Labute approximate surface area is 145 Å². The Morgan fingerprint density at radius 2 is 1.92 bits per heavy atom. The van der Waals surface area contributed by atoms with E-state index in [2.05, 4.69) is 4.57 Å². The van der Waals surface area contributed by atoms with Crippen molar-refractivity contribution in [3.8, 4) is 0 Å². The smallest absolute Gasteiger partial charge is 0.303 e. The third-order valence-electron chi connectivity index (χ3n) is 4.04. The largest absolute Gasteiger partial charge is 0.481 e. The van der Waals surface area contributed by atoms with Gasteiger partial charge in [0.1, 0.15) is 5.82 Å². The van der Waals surface area contributed by atoms with Crippen LogP contribution >= 0.6 is 11.6 Å². The summed E-state index contributed by atoms with van der Waals surface area (Å²) in [6, 6.07) is 15.7. The van der Waals surface area contributed by atoms with E-state index in [-0.39, 0.29) is 12.3 Å². The molecule has 0 fully saturated rings. The molecular weight excluding hydrogens is 324 g/mol. The highest BCUT2D eigenvalue weighted by Crippen LogP contribution is 2.21. The highest BCUT2D eigenvalue weighted by molar-refractivity contribution is 6.30. The molecule has 0 bridgehead atoms. The van der Waals surface area contributed by atoms with Gasteiger partial charge in [-0.15, -0.1) is 0 Å². The zero-order valence-electron chi connectivity index (χ0n) is 13.4. The van der Waals surface area contributed by atoms with E-state index in [9.17, 15) is 4.79 Å². The minimum absolute atomic E-state index is 0.0308. The van der Waals surface area contributed by atoms with E-state index in [1.807, 2.05) is 55.5 Å². The van der Waals surface area contributed by atoms with Crippen LogP contribution in [0, 0.1) is 5.92 Å². The standard InChI is InChI=1S/C19H19ClN2O2/c1-13(11-19(23)24)10-18-21-16-4-2-3-5-17(16)22(18)12-14-6-8-15(20)9-7-14/h2-9,13H,10-12H2,1H3,(H,23,24). The molecule has 1 atom stereocenters. The first-order valence-electron chi connectivity index (χ1n) is 7.93. The molecule has 0 aliphatic carbocycles. The minimum atomic E-state index is -0.775. The molecule has 0 amide bonds. The van der Waals surface area contributed by atoms with Gasteiger partial charge in [-0.25, -0.2) is 4.98 Å². The fourth-order valence-electron chi connectivity index (χ4n) is 2.91. The van der Waals surface area contributed by atoms with Gasteiger partial charge in [-0.05, 0) is 35.7 Å². The molecule has 0 spiro atoms. The fourth-order valence-corrected chi connectivity index (χ4v) is 3.04. The Morgan fingerprint density at radius 3 is 2.62 bits per heavy atom. The lowest BCUT2D eigenvalue weighted by molar-refractivity contribution is -0.137. The molecule has 3 rings (SSSR count). The summed E-state index contributed by atoms with van der Waals surface area (Å²) < 4.78 is 2.16. The molecule has 1 heterocycles. The second-order valence-electron chi connectivity index (χ2n) is 6.14. The second kappa shape index (κ2) is 7.05. The number of fused-ring (bicyclic) bond motifs is 1. The van der Waals surface area contributed by atoms with Crippen molar-refractivity contribution >= 4 is 28.6 Å². The van der Waals surface area contributed by atoms with Crippen molar-refractivity contribution in [3.63, 3.8) is 0 Å². The summed E-state index contributed by atoms with van der Waals surface area (Å²) in [5.41, 5.74) is 3.13. The van der Waals surface area contributed by atoms with Gasteiger partial charge in [0.05, 0.1) is 11.0 Å². The number of hydrogen-bond acceptors (Lipinski definition) is 2. The minimum Gasteiger partial charge on any atom is -0.481 e. The van der Waals surface area contributed by atoms with Crippen LogP contribution in [0.3, 0.4) is 0 Å². The number of halogens is 1. The first kappa shape index (κ1) is 16.5. The van der Waals surface area contributed by atoms with E-state index in [0.29, 0.717) is 18.0 Å². The molecule has 0 aliphatic rings. The maximum absolute atomic E-state index is 10.9. The Kier molecular flexibility index (Phi) is 4.86. The molecule has 1 aromatic heterocycles. The predicted molar refractivity (Wildman–Crippen MR) is 95.4 cm³/mol. The van der Waals surface area contributed by atoms with Gasteiger partial charge in [-0.1, -0.05) is 42.8 Å². The number of carbonyl (C=O) groups is 1. The molecule has 24 heavy (non-hydrogen) atoms. The molecule has 2 aromatic carbocycles. The molecule has 1 N–H and O–H groups in total. The van der Waals surface area contributed by atoms with Crippen LogP contribution in [0.5, 0.6) is 0 Å². The van der Waals surface area contributed by atoms with Crippen LogP contribution in [0.25, 0.3) is 11.0 Å². The maximum Gasteiger partial charge on any atom is 0.303 e. The number of hydrogen-bond donors (Lipinski definition) is 1. The average Bonchev–Trinajstić information content (AvgIpc) is 2.86. The number of benzene rings is 2. The molecule has 0 aliphatic heterocycles. The van der Waals surface area contributed by atoms with Crippen LogP contribution < -0.4 is 0 Å². The number of aromatic nitrogens is 2. The zero-order valence-corrected chi connectivity index (χ0v) is 14.2. The monoisotopic (exact) mass is 342 g/mol. The van der Waals surface area contributed by atoms with Crippen molar-refractivity contribution in [3.05, 3.63) is 64.9 Å². The van der Waals surface area contributed by atoms with E-state index in [1.165, 1.54) is 0 Å². The maximum atomic E-state index is 10.9. The van der Waals surface area contributed by atoms with E-state index in [0.717, 1.165) is 22.4 Å². The number of carboxylic acid groups (broad SMARTS) is 1. The van der Waals surface area contributed by atoms with Gasteiger partial charge in [-0.3, -0.25) is 4.79 Å². The van der Waals surface area contributed by atoms with Crippen LogP contribution in [-0.2, 0) is 17.8 Å². The summed E-state index contributed by atoms with van der Waals surface area (Å²) in [7, 11) is 0. The molecule has 4 nitrogen and oxygen atoms in total. The zero-order chi connectivity index (χ0) is 17.1. The number of aliphatic carboxylic acids is 1. The highest BCUT2D eigenvalue weighted by atomic mass is 35.5. The van der Waals surface area contributed by atoms with Gasteiger partial charge < -0.3 is 9.67 Å². The second-order valence-corrected chi connectivity index (χ2v) is 6.57. The Morgan fingerprint density at radius 1 is 1.21 bits per heavy atom. The first-order chi connectivity index (χ1) is 11.5. The van der Waals surface area contributed by atoms with Gasteiger partial charge in [0.25, 0.3) is 0 Å². The van der Waals surface area contributed by atoms with Gasteiger partial charge in [-0.2, -0.15) is 0 Å². The van der Waals surface area contributed by atoms with Crippen LogP contribution in [-0.4, -0.2) is 20.6 Å². The molecule has 0 saturated carbocycles. The number of para-hydroxylation sites is 2. The molecule has 124 valence electrons. The lowest BCUT2D eigenvalue weighted by Gasteiger charge is -2.12. The summed E-state index contributed by atoms with van der Waals surface area (Å²) in [6.45, 7) is 2.63. The topological polar surface area (TPSA) is 55.1 Å². The van der Waals surface area contributed by atoms with Crippen molar-refractivity contribution in [2.24, 2.45) is 5.92 Å². The molecule has 3 aromatic rings. The number of imidazole rings is 1. The van der Waals surface area contributed by atoms with Crippen LogP contribution in [0.4, 0.5) is 0 Å². The third-order valence-corrected chi connectivity index (χ3v) is 4.29. The van der Waals surface area contributed by atoms with Crippen LogP contribution in [0.15, 0.2) is 48.5 Å². The van der Waals surface area contributed by atoms with E-state index in [1.54, 1.807) is 0 Å². The van der Waals surface area contributed by atoms with Gasteiger partial charge in [0.15, 0.2) is 0 Å². The molecule has 0 radical (unpaired) electrons. The third kappa shape index (κ3) is 3.77. The average molecular weight is 343 g/mol. The fraction of sp³-hybridized carbons (Fsp3) is 0.263. The van der Waals surface area contributed by atoms with E-state index < -0.39 is 5.97 Å². The summed E-state index contributed by atoms with van der Waals surface area (Å²) >= 11 is 5.96. The Bertz CT molecular complexity index is 855. The van der Waals surface area contributed by atoms with Gasteiger partial charge in [0.2, 0.25) is 0 Å². The normalized spacial score (nSPS) is 12.4. The Balaban J connectivity index is 1.95. The quantitative estimate of drug-likeness (QED) is 0.722.